The first-order chi connectivity index (χ1) is 9.01. The third-order valence-electron chi connectivity index (χ3n) is 3.02. The van der Waals surface area contributed by atoms with Gasteiger partial charge in [0, 0.05) is 23.7 Å². The minimum absolute atomic E-state index is 0.0685. The van der Waals surface area contributed by atoms with Crippen LogP contribution >= 0.6 is 0 Å². The molecule has 3 heteroatoms. The van der Waals surface area contributed by atoms with E-state index in [1.165, 1.54) is 0 Å². The number of nitrogens with two attached hydrogens (primary N) is 1. The van der Waals surface area contributed by atoms with E-state index < -0.39 is 0 Å². The Labute approximate surface area is 115 Å². The molecule has 19 heavy (non-hydrogen) atoms. The van der Waals surface area contributed by atoms with E-state index in [2.05, 4.69) is 11.8 Å². The summed E-state index contributed by atoms with van der Waals surface area (Å²) < 4.78 is 0. The molecule has 0 radical (unpaired) electrons. The first-order valence-electron chi connectivity index (χ1n) is 6.61. The zero-order valence-corrected chi connectivity index (χ0v) is 12.2. The molecule has 0 bridgehead atoms. The zero-order valence-electron chi connectivity index (χ0n) is 12.2. The molecule has 1 aromatic carbocycles. The molecular formula is C16H22N2O. The maximum Gasteiger partial charge on any atom is 0.254 e. The summed E-state index contributed by atoms with van der Waals surface area (Å²) in [5.41, 5.74) is 8.01. The molecule has 0 aliphatic rings. The third kappa shape index (κ3) is 3.84. The van der Waals surface area contributed by atoms with Gasteiger partial charge in [-0.3, -0.25) is 4.79 Å². The van der Waals surface area contributed by atoms with Crippen molar-refractivity contribution < 1.29 is 4.79 Å². The lowest BCUT2D eigenvalue weighted by Crippen LogP contribution is -2.36. The Balaban J connectivity index is 3.03. The van der Waals surface area contributed by atoms with Gasteiger partial charge in [-0.25, -0.2) is 0 Å². The van der Waals surface area contributed by atoms with Crippen LogP contribution in [0.4, 0.5) is 0 Å². The van der Waals surface area contributed by atoms with E-state index in [-0.39, 0.29) is 11.9 Å². The fourth-order valence-corrected chi connectivity index (χ4v) is 1.99. The van der Waals surface area contributed by atoms with Crippen LogP contribution in [0, 0.1) is 18.8 Å². The number of hydrogen-bond donors (Lipinski definition) is 1. The lowest BCUT2D eigenvalue weighted by atomic mass is 10.0. The smallest absolute Gasteiger partial charge is 0.254 e. The Hall–Kier alpha value is -1.79. The van der Waals surface area contributed by atoms with Crippen molar-refractivity contribution in [2.24, 2.45) is 5.73 Å². The SMILES string of the molecule is CCN(C(=O)c1ccc(C#CCN)c(C)c1)C(C)C. The predicted octanol–water partition coefficient (Wildman–Crippen LogP) is 2.18. The molecule has 0 aliphatic carbocycles. The van der Waals surface area contributed by atoms with E-state index in [1.807, 2.05) is 50.8 Å². The van der Waals surface area contributed by atoms with Crippen LogP contribution in [-0.4, -0.2) is 29.9 Å². The molecule has 0 unspecified atom stereocenters. The first kappa shape index (κ1) is 15.3. The monoisotopic (exact) mass is 258 g/mol. The van der Waals surface area contributed by atoms with Gasteiger partial charge in [-0.2, -0.15) is 0 Å². The number of amides is 1. The summed E-state index contributed by atoms with van der Waals surface area (Å²) in [6.07, 6.45) is 0. The number of benzene rings is 1. The van der Waals surface area contributed by atoms with Gasteiger partial charge in [-0.1, -0.05) is 11.8 Å². The number of rotatable bonds is 3. The van der Waals surface area contributed by atoms with Crippen LogP contribution in [0.2, 0.25) is 0 Å². The summed E-state index contributed by atoms with van der Waals surface area (Å²) in [7, 11) is 0. The number of carbonyl (C=O) groups excluding carboxylic acids is 1. The van der Waals surface area contributed by atoms with Gasteiger partial charge in [0.25, 0.3) is 5.91 Å². The number of aryl methyl sites for hydroxylation is 1. The minimum Gasteiger partial charge on any atom is -0.337 e. The Morgan fingerprint density at radius 1 is 1.42 bits per heavy atom. The van der Waals surface area contributed by atoms with Crippen molar-refractivity contribution in [3.8, 4) is 11.8 Å². The Bertz CT molecular complexity index is 509. The first-order valence-corrected chi connectivity index (χ1v) is 6.61. The van der Waals surface area contributed by atoms with Gasteiger partial charge in [0.05, 0.1) is 6.54 Å². The number of hydrogen-bond acceptors (Lipinski definition) is 2. The van der Waals surface area contributed by atoms with Crippen LogP contribution in [0.25, 0.3) is 0 Å². The summed E-state index contributed by atoms with van der Waals surface area (Å²) in [5.74, 6) is 5.90. The van der Waals surface area contributed by atoms with Gasteiger partial charge in [-0.15, -0.1) is 0 Å². The van der Waals surface area contributed by atoms with Crippen LogP contribution < -0.4 is 5.73 Å². The molecular weight excluding hydrogens is 236 g/mol. The molecule has 102 valence electrons. The van der Waals surface area contributed by atoms with Crippen LogP contribution in [0.5, 0.6) is 0 Å². The average molecular weight is 258 g/mol. The van der Waals surface area contributed by atoms with Crippen LogP contribution in [0.3, 0.4) is 0 Å². The second kappa shape index (κ2) is 6.96. The summed E-state index contributed by atoms with van der Waals surface area (Å²) >= 11 is 0. The quantitative estimate of drug-likeness (QED) is 0.845. The summed E-state index contributed by atoms with van der Waals surface area (Å²) in [6.45, 7) is 9.06. The van der Waals surface area contributed by atoms with Crippen molar-refractivity contribution >= 4 is 5.91 Å². The highest BCUT2D eigenvalue weighted by Crippen LogP contribution is 2.13. The van der Waals surface area contributed by atoms with Gasteiger partial charge in [0.2, 0.25) is 0 Å². The van der Waals surface area contributed by atoms with Gasteiger partial charge in [0.15, 0.2) is 0 Å². The van der Waals surface area contributed by atoms with E-state index in [9.17, 15) is 4.79 Å². The molecule has 0 heterocycles. The molecule has 0 aromatic heterocycles. The second-order valence-electron chi connectivity index (χ2n) is 4.72. The van der Waals surface area contributed by atoms with E-state index in [4.69, 9.17) is 5.73 Å². The summed E-state index contributed by atoms with van der Waals surface area (Å²) in [6, 6.07) is 5.82. The standard InChI is InChI=1S/C16H22N2O/c1-5-18(12(2)3)16(19)15-9-8-14(7-6-10-17)13(4)11-15/h8-9,11-12H,5,10,17H2,1-4H3. The van der Waals surface area contributed by atoms with E-state index in [1.54, 1.807) is 0 Å². The van der Waals surface area contributed by atoms with Gasteiger partial charge < -0.3 is 10.6 Å². The minimum atomic E-state index is 0.0685. The lowest BCUT2D eigenvalue weighted by molar-refractivity contribution is 0.0717. The molecule has 0 fully saturated rings. The fourth-order valence-electron chi connectivity index (χ4n) is 1.99. The molecule has 2 N–H and O–H groups in total. The third-order valence-corrected chi connectivity index (χ3v) is 3.02. The molecule has 0 atom stereocenters. The lowest BCUT2D eigenvalue weighted by Gasteiger charge is -2.25. The largest absolute Gasteiger partial charge is 0.337 e. The van der Waals surface area contributed by atoms with Crippen LogP contribution in [0.15, 0.2) is 18.2 Å². The van der Waals surface area contributed by atoms with Crippen molar-refractivity contribution in [1.82, 2.24) is 4.90 Å². The molecule has 0 saturated carbocycles. The maximum absolute atomic E-state index is 12.4. The topological polar surface area (TPSA) is 46.3 Å². The number of carbonyl (C=O) groups is 1. The Kier molecular flexibility index (Phi) is 5.59. The van der Waals surface area contributed by atoms with Gasteiger partial charge in [0.1, 0.15) is 0 Å². The maximum atomic E-state index is 12.4. The molecule has 3 nitrogen and oxygen atoms in total. The van der Waals surface area contributed by atoms with Crippen molar-refractivity contribution in [3.63, 3.8) is 0 Å². The molecule has 0 aliphatic heterocycles. The Morgan fingerprint density at radius 3 is 2.58 bits per heavy atom. The molecule has 1 aromatic rings. The van der Waals surface area contributed by atoms with E-state index in [0.717, 1.165) is 11.1 Å². The van der Waals surface area contributed by atoms with Crippen molar-refractivity contribution in [2.75, 3.05) is 13.1 Å². The predicted molar refractivity (Wildman–Crippen MR) is 79.0 cm³/mol. The highest BCUT2D eigenvalue weighted by Gasteiger charge is 2.17. The van der Waals surface area contributed by atoms with Crippen molar-refractivity contribution in [2.45, 2.75) is 33.7 Å². The molecule has 0 spiro atoms. The Morgan fingerprint density at radius 2 is 2.11 bits per heavy atom. The average Bonchev–Trinajstić information content (AvgIpc) is 2.37. The van der Waals surface area contributed by atoms with Crippen molar-refractivity contribution in [3.05, 3.63) is 34.9 Å². The highest BCUT2D eigenvalue weighted by molar-refractivity contribution is 5.94. The summed E-state index contributed by atoms with van der Waals surface area (Å²) in [4.78, 5) is 14.2. The normalized spacial score (nSPS) is 10.0. The number of nitrogens with zero attached hydrogens (tertiary/aromatic N) is 1. The van der Waals surface area contributed by atoms with E-state index in [0.29, 0.717) is 18.7 Å². The molecule has 1 amide bonds. The van der Waals surface area contributed by atoms with Gasteiger partial charge >= 0.3 is 0 Å². The fraction of sp³-hybridized carbons (Fsp3) is 0.438. The molecule has 0 saturated heterocycles. The molecule has 1 rings (SSSR count). The highest BCUT2D eigenvalue weighted by atomic mass is 16.2. The van der Waals surface area contributed by atoms with Crippen LogP contribution in [0.1, 0.15) is 42.3 Å². The summed E-state index contributed by atoms with van der Waals surface area (Å²) in [5, 5.41) is 0. The second-order valence-corrected chi connectivity index (χ2v) is 4.72. The van der Waals surface area contributed by atoms with Crippen molar-refractivity contribution in [1.29, 1.82) is 0 Å². The van der Waals surface area contributed by atoms with Crippen LogP contribution in [-0.2, 0) is 0 Å². The van der Waals surface area contributed by atoms with Gasteiger partial charge in [-0.05, 0) is 51.5 Å². The zero-order chi connectivity index (χ0) is 14.4. The van der Waals surface area contributed by atoms with E-state index >= 15 is 0 Å².